The standard InChI is InChI=1S/C4H4N2O/c1-3-2-5-4(3)6-7/h2H,1H3. The minimum atomic E-state index is 0.333. The third-order valence-electron chi connectivity index (χ3n) is 0.820. The molecule has 1 aliphatic heterocycles. The molecule has 3 nitrogen and oxygen atoms in total. The van der Waals surface area contributed by atoms with Gasteiger partial charge in [0.15, 0.2) is 0 Å². The van der Waals surface area contributed by atoms with Crippen molar-refractivity contribution >= 4 is 6.21 Å². The van der Waals surface area contributed by atoms with Crippen molar-refractivity contribution in [1.82, 2.24) is 0 Å². The summed E-state index contributed by atoms with van der Waals surface area (Å²) in [7, 11) is 0. The number of allylic oxidation sites excluding steroid dienone is 1. The van der Waals surface area contributed by atoms with Crippen molar-refractivity contribution in [2.75, 3.05) is 0 Å². The first kappa shape index (κ1) is 4.18. The molecule has 1 rings (SSSR count). The van der Waals surface area contributed by atoms with Crippen LogP contribution in [0, 0.1) is 4.91 Å². The lowest BCUT2D eigenvalue weighted by molar-refractivity contribution is 1.15. The second-order valence-electron chi connectivity index (χ2n) is 1.36. The fourth-order valence-corrected chi connectivity index (χ4v) is 0.347. The first-order valence-electron chi connectivity index (χ1n) is 1.93. The monoisotopic (exact) mass is 96.0 g/mol. The van der Waals surface area contributed by atoms with Crippen molar-refractivity contribution in [1.29, 1.82) is 0 Å². The van der Waals surface area contributed by atoms with Crippen molar-refractivity contribution in [3.63, 3.8) is 0 Å². The number of aliphatic imine (C=N–C) groups is 1. The highest BCUT2D eigenvalue weighted by Gasteiger charge is 2.04. The molecule has 0 unspecified atom stereocenters. The van der Waals surface area contributed by atoms with Crippen molar-refractivity contribution < 1.29 is 0 Å². The van der Waals surface area contributed by atoms with Crippen LogP contribution in [-0.4, -0.2) is 6.21 Å². The van der Waals surface area contributed by atoms with Crippen LogP contribution in [0.25, 0.3) is 0 Å². The zero-order valence-corrected chi connectivity index (χ0v) is 3.88. The van der Waals surface area contributed by atoms with Crippen LogP contribution in [0.5, 0.6) is 0 Å². The number of hydrogen-bond acceptors (Lipinski definition) is 3. The highest BCUT2D eigenvalue weighted by molar-refractivity contribution is 5.85. The average molecular weight is 96.1 g/mol. The molecule has 36 valence electrons. The number of nitroso groups, excluding NO2 is 1. The van der Waals surface area contributed by atoms with Gasteiger partial charge >= 0.3 is 0 Å². The van der Waals surface area contributed by atoms with E-state index in [1.165, 1.54) is 0 Å². The van der Waals surface area contributed by atoms with E-state index in [0.29, 0.717) is 5.82 Å². The topological polar surface area (TPSA) is 41.8 Å². The third kappa shape index (κ3) is 0.453. The third-order valence-corrected chi connectivity index (χ3v) is 0.820. The fourth-order valence-electron chi connectivity index (χ4n) is 0.347. The first-order valence-corrected chi connectivity index (χ1v) is 1.93. The molecular weight excluding hydrogens is 92.1 g/mol. The second-order valence-corrected chi connectivity index (χ2v) is 1.36. The molecule has 1 aliphatic rings. The molecule has 0 fully saturated rings. The predicted molar refractivity (Wildman–Crippen MR) is 27.0 cm³/mol. The van der Waals surface area contributed by atoms with Crippen LogP contribution in [0.1, 0.15) is 6.92 Å². The Kier molecular flexibility index (Phi) is 0.749. The Morgan fingerprint density at radius 3 is 2.57 bits per heavy atom. The maximum Gasteiger partial charge on any atom is 0.200 e. The summed E-state index contributed by atoms with van der Waals surface area (Å²) in [6.45, 7) is 1.80. The van der Waals surface area contributed by atoms with E-state index < -0.39 is 0 Å². The molecule has 0 bridgehead atoms. The lowest BCUT2D eigenvalue weighted by Crippen LogP contribution is -1.93. The number of rotatable bonds is 1. The van der Waals surface area contributed by atoms with E-state index in [1.54, 1.807) is 13.1 Å². The second kappa shape index (κ2) is 1.26. The molecule has 0 radical (unpaired) electrons. The fraction of sp³-hybridized carbons (Fsp3) is 0.250. The van der Waals surface area contributed by atoms with Gasteiger partial charge in [-0.05, 0) is 12.1 Å². The number of nitrogens with zero attached hydrogens (tertiary/aromatic N) is 2. The van der Waals surface area contributed by atoms with Crippen LogP contribution in [0.3, 0.4) is 0 Å². The largest absolute Gasteiger partial charge is 0.233 e. The van der Waals surface area contributed by atoms with Crippen LogP contribution >= 0.6 is 0 Å². The first-order chi connectivity index (χ1) is 3.34. The van der Waals surface area contributed by atoms with Crippen LogP contribution in [0.2, 0.25) is 0 Å². The van der Waals surface area contributed by atoms with Crippen molar-refractivity contribution in [2.45, 2.75) is 6.92 Å². The molecular formula is C4H4N2O. The van der Waals surface area contributed by atoms with Crippen molar-refractivity contribution in [2.24, 2.45) is 10.2 Å². The molecule has 0 atom stereocenters. The van der Waals surface area contributed by atoms with Gasteiger partial charge in [-0.1, -0.05) is 0 Å². The van der Waals surface area contributed by atoms with Crippen molar-refractivity contribution in [3.05, 3.63) is 16.3 Å². The van der Waals surface area contributed by atoms with E-state index in [0.717, 1.165) is 5.57 Å². The Bertz CT molecular complexity index is 153. The molecule has 0 N–H and O–H groups in total. The summed E-state index contributed by atoms with van der Waals surface area (Å²) in [6, 6.07) is 0. The molecule has 0 saturated carbocycles. The molecule has 0 aromatic heterocycles. The Morgan fingerprint density at radius 1 is 1.86 bits per heavy atom. The van der Waals surface area contributed by atoms with E-state index in [-0.39, 0.29) is 0 Å². The summed E-state index contributed by atoms with van der Waals surface area (Å²) >= 11 is 0. The van der Waals surface area contributed by atoms with E-state index in [9.17, 15) is 4.91 Å². The van der Waals surface area contributed by atoms with Crippen molar-refractivity contribution in [3.8, 4) is 0 Å². The van der Waals surface area contributed by atoms with Gasteiger partial charge in [0, 0.05) is 11.8 Å². The van der Waals surface area contributed by atoms with Crippen LogP contribution in [0.4, 0.5) is 0 Å². The lowest BCUT2D eigenvalue weighted by Gasteiger charge is -1.99. The normalized spacial score (nSPS) is 16.7. The zero-order chi connectivity index (χ0) is 5.28. The number of hydrogen-bond donors (Lipinski definition) is 0. The predicted octanol–water partition coefficient (Wildman–Crippen LogP) is 1.07. The van der Waals surface area contributed by atoms with Gasteiger partial charge in [-0.15, -0.1) is 4.91 Å². The molecule has 0 spiro atoms. The highest BCUT2D eigenvalue weighted by atomic mass is 16.3. The Balaban J connectivity index is 2.73. The average Bonchev–Trinajstić information content (AvgIpc) is 1.65. The summed E-state index contributed by atoms with van der Waals surface area (Å²) in [5, 5.41) is 2.61. The Hall–Kier alpha value is -0.990. The van der Waals surface area contributed by atoms with Gasteiger partial charge < -0.3 is 0 Å². The van der Waals surface area contributed by atoms with E-state index in [1.807, 2.05) is 0 Å². The smallest absolute Gasteiger partial charge is 0.200 e. The summed E-state index contributed by atoms with van der Waals surface area (Å²) in [6.07, 6.45) is 1.61. The van der Waals surface area contributed by atoms with Gasteiger partial charge in [-0.25, -0.2) is 4.99 Å². The van der Waals surface area contributed by atoms with E-state index in [2.05, 4.69) is 10.2 Å². The van der Waals surface area contributed by atoms with Gasteiger partial charge in [-0.2, -0.15) is 0 Å². The maximum atomic E-state index is 9.58. The molecule has 0 saturated heterocycles. The van der Waals surface area contributed by atoms with E-state index >= 15 is 0 Å². The van der Waals surface area contributed by atoms with Crippen LogP contribution < -0.4 is 0 Å². The van der Waals surface area contributed by atoms with Gasteiger partial charge in [0.2, 0.25) is 5.82 Å². The minimum absolute atomic E-state index is 0.333. The quantitative estimate of drug-likeness (QED) is 0.450. The van der Waals surface area contributed by atoms with Gasteiger partial charge in [0.05, 0.1) is 0 Å². The zero-order valence-electron chi connectivity index (χ0n) is 3.88. The Morgan fingerprint density at radius 2 is 2.57 bits per heavy atom. The summed E-state index contributed by atoms with van der Waals surface area (Å²) in [5.74, 6) is 0.333. The molecule has 0 aromatic rings. The van der Waals surface area contributed by atoms with Crippen LogP contribution in [-0.2, 0) is 0 Å². The molecule has 0 amide bonds. The SMILES string of the molecule is CC1=C(N=O)N=C1. The molecule has 0 aromatic carbocycles. The molecule has 7 heavy (non-hydrogen) atoms. The maximum absolute atomic E-state index is 9.58. The molecule has 0 aliphatic carbocycles. The van der Waals surface area contributed by atoms with Crippen LogP contribution in [0.15, 0.2) is 21.6 Å². The molecule has 3 heteroatoms. The van der Waals surface area contributed by atoms with E-state index in [4.69, 9.17) is 0 Å². The summed E-state index contributed by atoms with van der Waals surface area (Å²) in [5.41, 5.74) is 0.870. The van der Waals surface area contributed by atoms with Gasteiger partial charge in [0.25, 0.3) is 0 Å². The van der Waals surface area contributed by atoms with Gasteiger partial charge in [-0.3, -0.25) is 0 Å². The highest BCUT2D eigenvalue weighted by Crippen LogP contribution is 2.12. The summed E-state index contributed by atoms with van der Waals surface area (Å²) in [4.78, 5) is 13.1. The Labute approximate surface area is 40.7 Å². The minimum Gasteiger partial charge on any atom is -0.233 e. The summed E-state index contributed by atoms with van der Waals surface area (Å²) < 4.78 is 0. The lowest BCUT2D eigenvalue weighted by atomic mass is 10.3. The molecule has 1 heterocycles. The van der Waals surface area contributed by atoms with Gasteiger partial charge in [0.1, 0.15) is 0 Å².